The summed E-state index contributed by atoms with van der Waals surface area (Å²) in [6.45, 7) is 4.79. The number of carbonyl (C=O) groups is 1. The Kier molecular flexibility index (Phi) is 4.23. The maximum Gasteiger partial charge on any atom is 0.271 e. The standard InChI is InChI=1S/C15H17N3O/c1-11(2)13-6-4-3-5-12(13)9-18-15(19)14-10-16-7-8-17-14/h3-8,10-11H,9H2,1-2H3,(H,18,19). The van der Waals surface area contributed by atoms with Crippen LogP contribution < -0.4 is 5.32 Å². The van der Waals surface area contributed by atoms with Crippen molar-refractivity contribution < 1.29 is 4.79 Å². The van der Waals surface area contributed by atoms with Crippen molar-refractivity contribution in [2.75, 3.05) is 0 Å². The van der Waals surface area contributed by atoms with E-state index in [2.05, 4.69) is 35.2 Å². The number of hydrogen-bond donors (Lipinski definition) is 1. The van der Waals surface area contributed by atoms with Crippen molar-refractivity contribution in [1.29, 1.82) is 0 Å². The lowest BCUT2D eigenvalue weighted by Crippen LogP contribution is -2.24. The molecule has 19 heavy (non-hydrogen) atoms. The summed E-state index contributed by atoms with van der Waals surface area (Å²) < 4.78 is 0. The predicted molar refractivity (Wildman–Crippen MR) is 73.7 cm³/mol. The number of hydrogen-bond acceptors (Lipinski definition) is 3. The number of nitrogens with one attached hydrogen (secondary N) is 1. The topological polar surface area (TPSA) is 54.9 Å². The molecule has 2 rings (SSSR count). The Labute approximate surface area is 112 Å². The van der Waals surface area contributed by atoms with Gasteiger partial charge in [0.2, 0.25) is 0 Å². The van der Waals surface area contributed by atoms with E-state index in [4.69, 9.17) is 0 Å². The van der Waals surface area contributed by atoms with Gasteiger partial charge in [0.15, 0.2) is 0 Å². The van der Waals surface area contributed by atoms with Crippen LogP contribution >= 0.6 is 0 Å². The van der Waals surface area contributed by atoms with Crippen LogP contribution in [0.1, 0.15) is 41.4 Å². The van der Waals surface area contributed by atoms with Gasteiger partial charge in [-0.3, -0.25) is 9.78 Å². The molecule has 1 heterocycles. The van der Waals surface area contributed by atoms with E-state index in [0.717, 1.165) is 5.56 Å². The molecule has 2 aromatic rings. The Morgan fingerprint density at radius 2 is 2.05 bits per heavy atom. The van der Waals surface area contributed by atoms with Crippen molar-refractivity contribution in [3.05, 3.63) is 59.7 Å². The van der Waals surface area contributed by atoms with Gasteiger partial charge < -0.3 is 5.32 Å². The summed E-state index contributed by atoms with van der Waals surface area (Å²) in [7, 11) is 0. The summed E-state index contributed by atoms with van der Waals surface area (Å²) in [5.74, 6) is 0.233. The molecule has 0 saturated heterocycles. The fraction of sp³-hybridized carbons (Fsp3) is 0.267. The molecule has 0 atom stereocenters. The van der Waals surface area contributed by atoms with Gasteiger partial charge >= 0.3 is 0 Å². The molecule has 98 valence electrons. The Morgan fingerprint density at radius 3 is 2.74 bits per heavy atom. The smallest absolute Gasteiger partial charge is 0.271 e. The molecule has 0 aliphatic rings. The number of aromatic nitrogens is 2. The fourth-order valence-electron chi connectivity index (χ4n) is 1.94. The molecule has 0 aliphatic heterocycles. The molecule has 0 bridgehead atoms. The number of nitrogens with zero attached hydrogens (tertiary/aromatic N) is 2. The van der Waals surface area contributed by atoms with E-state index in [0.29, 0.717) is 18.2 Å². The second kappa shape index (κ2) is 6.09. The first kappa shape index (κ1) is 13.2. The maximum absolute atomic E-state index is 11.9. The van der Waals surface area contributed by atoms with Gasteiger partial charge in [0.05, 0.1) is 6.20 Å². The third kappa shape index (κ3) is 3.37. The minimum absolute atomic E-state index is 0.202. The minimum Gasteiger partial charge on any atom is -0.347 e. The van der Waals surface area contributed by atoms with Crippen molar-refractivity contribution in [2.45, 2.75) is 26.3 Å². The summed E-state index contributed by atoms with van der Waals surface area (Å²) in [6.07, 6.45) is 4.52. The van der Waals surface area contributed by atoms with Crippen LogP contribution in [-0.2, 0) is 6.54 Å². The second-order valence-electron chi connectivity index (χ2n) is 4.63. The van der Waals surface area contributed by atoms with Crippen molar-refractivity contribution in [3.8, 4) is 0 Å². The SMILES string of the molecule is CC(C)c1ccccc1CNC(=O)c1cnccn1. The van der Waals surface area contributed by atoms with Crippen LogP contribution in [0.15, 0.2) is 42.9 Å². The number of benzene rings is 1. The van der Waals surface area contributed by atoms with Crippen molar-refractivity contribution in [1.82, 2.24) is 15.3 Å². The highest BCUT2D eigenvalue weighted by Gasteiger charge is 2.09. The predicted octanol–water partition coefficient (Wildman–Crippen LogP) is 2.53. The van der Waals surface area contributed by atoms with E-state index in [-0.39, 0.29) is 5.91 Å². The van der Waals surface area contributed by atoms with E-state index < -0.39 is 0 Å². The summed E-state index contributed by atoms with van der Waals surface area (Å²) in [4.78, 5) is 19.7. The molecular weight excluding hydrogens is 238 g/mol. The quantitative estimate of drug-likeness (QED) is 0.913. The number of amides is 1. The van der Waals surface area contributed by atoms with Gasteiger partial charge in [-0.25, -0.2) is 4.98 Å². The zero-order chi connectivity index (χ0) is 13.7. The third-order valence-electron chi connectivity index (χ3n) is 2.91. The maximum atomic E-state index is 11.9. The van der Waals surface area contributed by atoms with Gasteiger partial charge in [-0.1, -0.05) is 38.1 Å². The molecule has 0 saturated carbocycles. The second-order valence-corrected chi connectivity index (χ2v) is 4.63. The van der Waals surface area contributed by atoms with Crippen molar-refractivity contribution >= 4 is 5.91 Å². The lowest BCUT2D eigenvalue weighted by molar-refractivity contribution is 0.0945. The largest absolute Gasteiger partial charge is 0.347 e. The van der Waals surface area contributed by atoms with E-state index in [9.17, 15) is 4.79 Å². The molecule has 4 heteroatoms. The zero-order valence-corrected chi connectivity index (χ0v) is 11.1. The average molecular weight is 255 g/mol. The Hall–Kier alpha value is -2.23. The van der Waals surface area contributed by atoms with Crippen LogP contribution in [0.3, 0.4) is 0 Å². The van der Waals surface area contributed by atoms with Crippen LogP contribution in [0.4, 0.5) is 0 Å². The monoisotopic (exact) mass is 255 g/mol. The number of carbonyl (C=O) groups excluding carboxylic acids is 1. The molecule has 1 aromatic heterocycles. The van der Waals surface area contributed by atoms with Crippen LogP contribution in [0.2, 0.25) is 0 Å². The van der Waals surface area contributed by atoms with Gasteiger partial charge in [0.25, 0.3) is 5.91 Å². The Morgan fingerprint density at radius 1 is 1.26 bits per heavy atom. The van der Waals surface area contributed by atoms with Crippen LogP contribution in [0.5, 0.6) is 0 Å². The molecule has 1 aromatic carbocycles. The molecule has 0 unspecified atom stereocenters. The van der Waals surface area contributed by atoms with Crippen LogP contribution in [-0.4, -0.2) is 15.9 Å². The van der Waals surface area contributed by atoms with Crippen molar-refractivity contribution in [3.63, 3.8) is 0 Å². The molecule has 0 aliphatic carbocycles. The van der Waals surface area contributed by atoms with Gasteiger partial charge in [-0.15, -0.1) is 0 Å². The molecule has 0 spiro atoms. The molecule has 1 N–H and O–H groups in total. The molecule has 0 fully saturated rings. The first-order valence-corrected chi connectivity index (χ1v) is 6.30. The van der Waals surface area contributed by atoms with E-state index in [1.54, 1.807) is 6.20 Å². The summed E-state index contributed by atoms with van der Waals surface area (Å²) in [5.41, 5.74) is 2.72. The fourth-order valence-corrected chi connectivity index (χ4v) is 1.94. The highest BCUT2D eigenvalue weighted by atomic mass is 16.1. The third-order valence-corrected chi connectivity index (χ3v) is 2.91. The zero-order valence-electron chi connectivity index (χ0n) is 11.1. The van der Waals surface area contributed by atoms with Gasteiger partial charge in [0.1, 0.15) is 5.69 Å². The van der Waals surface area contributed by atoms with Gasteiger partial charge in [-0.05, 0) is 17.0 Å². The van der Waals surface area contributed by atoms with Crippen LogP contribution in [0, 0.1) is 0 Å². The van der Waals surface area contributed by atoms with E-state index in [1.807, 2.05) is 18.2 Å². The molecular formula is C15H17N3O. The first-order valence-electron chi connectivity index (χ1n) is 6.30. The summed E-state index contributed by atoms with van der Waals surface area (Å²) >= 11 is 0. The molecule has 1 amide bonds. The normalized spacial score (nSPS) is 10.5. The first-order chi connectivity index (χ1) is 9.18. The molecule has 0 radical (unpaired) electrons. The number of rotatable bonds is 4. The van der Waals surface area contributed by atoms with E-state index in [1.165, 1.54) is 18.0 Å². The summed E-state index contributed by atoms with van der Waals surface area (Å²) in [5, 5.41) is 2.87. The lowest BCUT2D eigenvalue weighted by Gasteiger charge is -2.13. The van der Waals surface area contributed by atoms with Crippen molar-refractivity contribution in [2.24, 2.45) is 0 Å². The lowest BCUT2D eigenvalue weighted by atomic mass is 9.97. The Balaban J connectivity index is 2.05. The van der Waals surface area contributed by atoms with Gasteiger partial charge in [0, 0.05) is 18.9 Å². The minimum atomic E-state index is -0.202. The van der Waals surface area contributed by atoms with Crippen LogP contribution in [0.25, 0.3) is 0 Å². The highest BCUT2D eigenvalue weighted by Crippen LogP contribution is 2.18. The van der Waals surface area contributed by atoms with E-state index >= 15 is 0 Å². The van der Waals surface area contributed by atoms with Gasteiger partial charge in [-0.2, -0.15) is 0 Å². The Bertz CT molecular complexity index is 552. The summed E-state index contributed by atoms with van der Waals surface area (Å²) in [6, 6.07) is 8.12. The molecule has 4 nitrogen and oxygen atoms in total. The highest BCUT2D eigenvalue weighted by molar-refractivity contribution is 5.91. The average Bonchev–Trinajstić information content (AvgIpc) is 2.46.